The molecule has 0 aliphatic rings. The minimum absolute atomic E-state index is 0. The maximum absolute atomic E-state index is 10.3. The third-order valence-electron chi connectivity index (χ3n) is 2.12. The predicted octanol–water partition coefficient (Wildman–Crippen LogP) is 1.97. The summed E-state index contributed by atoms with van der Waals surface area (Å²) in [7, 11) is -2.48. The van der Waals surface area contributed by atoms with Gasteiger partial charge in [-0.15, -0.1) is 0 Å². The Bertz CT molecular complexity index is 110. The standard InChI is InChI=1S/3C4H10OP.Al/c3*1-3-6(5)4-2;/h3*3-4H2,1-2H3;/q3*-1;+3. The summed E-state index contributed by atoms with van der Waals surface area (Å²) in [5, 5.41) is 0. The smallest absolute Gasteiger partial charge is 0.829 e. The second-order valence-corrected chi connectivity index (χ2v) is 10.0. The Kier molecular flexibility index (Phi) is 37.5. The van der Waals surface area contributed by atoms with Gasteiger partial charge in [-0.2, -0.15) is 0 Å². The summed E-state index contributed by atoms with van der Waals surface area (Å²) in [4.78, 5) is 31.0. The molecule has 0 bridgehead atoms. The Labute approximate surface area is 135 Å². The summed E-state index contributed by atoms with van der Waals surface area (Å²) in [6.45, 7) is 11.7. The molecule has 0 aromatic rings. The van der Waals surface area contributed by atoms with Gasteiger partial charge in [-0.1, -0.05) is 41.5 Å². The van der Waals surface area contributed by atoms with E-state index < -0.39 is 24.4 Å². The fourth-order valence-electron chi connectivity index (χ4n) is 0.671. The van der Waals surface area contributed by atoms with E-state index >= 15 is 0 Å². The van der Waals surface area contributed by atoms with Crippen molar-refractivity contribution in [2.45, 2.75) is 41.5 Å². The molecule has 0 fully saturated rings. The van der Waals surface area contributed by atoms with Crippen LogP contribution in [0.5, 0.6) is 0 Å². The van der Waals surface area contributed by atoms with Crippen molar-refractivity contribution >= 4 is 41.8 Å². The van der Waals surface area contributed by atoms with E-state index in [0.29, 0.717) is 0 Å². The number of hydrogen-bond acceptors (Lipinski definition) is 3. The molecule has 3 nitrogen and oxygen atoms in total. The van der Waals surface area contributed by atoms with Crippen LogP contribution in [0.4, 0.5) is 0 Å². The Morgan fingerprint density at radius 2 is 0.579 bits per heavy atom. The van der Waals surface area contributed by atoms with Gasteiger partial charge in [-0.25, -0.2) is 24.4 Å². The normalized spacial score (nSPS) is 9.47. The molecule has 0 amide bonds. The summed E-state index contributed by atoms with van der Waals surface area (Å²) in [5.41, 5.74) is 0. The van der Waals surface area contributed by atoms with E-state index in [4.69, 9.17) is 0 Å². The van der Waals surface area contributed by atoms with Crippen LogP contribution < -0.4 is 14.7 Å². The molecule has 0 spiro atoms. The van der Waals surface area contributed by atoms with E-state index in [1.165, 1.54) is 0 Å². The van der Waals surface area contributed by atoms with Crippen LogP contribution in [0.2, 0.25) is 0 Å². The maximum atomic E-state index is 10.3. The first kappa shape index (κ1) is 28.8. The fraction of sp³-hybridized carbons (Fsp3) is 1.00. The van der Waals surface area contributed by atoms with Crippen LogP contribution >= 0.6 is 24.4 Å². The molecule has 0 unspecified atom stereocenters. The zero-order valence-corrected chi connectivity index (χ0v) is 17.2. The van der Waals surface area contributed by atoms with E-state index in [2.05, 4.69) is 0 Å². The summed E-state index contributed by atoms with van der Waals surface area (Å²) in [6, 6.07) is 0. The van der Waals surface area contributed by atoms with Crippen LogP contribution in [0, 0.1) is 0 Å². The van der Waals surface area contributed by atoms with Gasteiger partial charge < -0.3 is 14.7 Å². The van der Waals surface area contributed by atoms with Crippen molar-refractivity contribution in [2.24, 2.45) is 0 Å². The Balaban J connectivity index is -0.0000000865. The van der Waals surface area contributed by atoms with Gasteiger partial charge in [-0.3, -0.25) is 0 Å². The third-order valence-corrected chi connectivity index (χ3v) is 6.35. The van der Waals surface area contributed by atoms with Crippen LogP contribution in [-0.2, 0) is 0 Å². The van der Waals surface area contributed by atoms with Crippen molar-refractivity contribution in [3.05, 3.63) is 0 Å². The molecule has 0 atom stereocenters. The van der Waals surface area contributed by atoms with Crippen molar-refractivity contribution < 1.29 is 14.7 Å². The van der Waals surface area contributed by atoms with Gasteiger partial charge in [0.1, 0.15) is 0 Å². The van der Waals surface area contributed by atoms with Crippen molar-refractivity contribution in [1.29, 1.82) is 0 Å². The van der Waals surface area contributed by atoms with Crippen LogP contribution in [0.25, 0.3) is 0 Å². The first-order valence-corrected chi connectivity index (χ1v) is 11.6. The van der Waals surface area contributed by atoms with Crippen molar-refractivity contribution in [2.75, 3.05) is 37.0 Å². The molecule has 0 saturated heterocycles. The zero-order valence-electron chi connectivity index (χ0n) is 13.4. The SMILES string of the molecule is CCP([O-])CC.CCP([O-])CC.CCP([O-])CC.[Al+3]. The minimum Gasteiger partial charge on any atom is -0.829 e. The van der Waals surface area contributed by atoms with Crippen molar-refractivity contribution in [1.82, 2.24) is 0 Å². The van der Waals surface area contributed by atoms with Crippen LogP contribution in [0.1, 0.15) is 41.5 Å². The van der Waals surface area contributed by atoms with Crippen molar-refractivity contribution in [3.63, 3.8) is 0 Å². The Hall–Kier alpha value is 1.70. The fourth-order valence-corrected chi connectivity index (χ4v) is 2.01. The second-order valence-electron chi connectivity index (χ2n) is 3.34. The van der Waals surface area contributed by atoms with Crippen molar-refractivity contribution in [3.8, 4) is 0 Å². The predicted molar refractivity (Wildman–Crippen MR) is 89.8 cm³/mol. The van der Waals surface area contributed by atoms with Gasteiger partial charge >= 0.3 is 17.4 Å². The molecule has 0 aliphatic carbocycles. The molecule has 0 aromatic heterocycles. The van der Waals surface area contributed by atoms with Crippen LogP contribution in [-0.4, -0.2) is 54.3 Å². The molecule has 0 N–H and O–H groups in total. The summed E-state index contributed by atoms with van der Waals surface area (Å²) < 4.78 is 0. The molecule has 0 heterocycles. The number of rotatable bonds is 6. The van der Waals surface area contributed by atoms with E-state index in [-0.39, 0.29) is 17.4 Å². The van der Waals surface area contributed by atoms with Gasteiger partial charge in [0.2, 0.25) is 0 Å². The van der Waals surface area contributed by atoms with Crippen LogP contribution in [0.3, 0.4) is 0 Å². The number of hydrogen-bond donors (Lipinski definition) is 0. The Morgan fingerprint density at radius 3 is 0.579 bits per heavy atom. The van der Waals surface area contributed by atoms with Crippen LogP contribution in [0.15, 0.2) is 0 Å². The van der Waals surface area contributed by atoms with Gasteiger partial charge in [0.25, 0.3) is 0 Å². The third kappa shape index (κ3) is 32.9. The summed E-state index contributed by atoms with van der Waals surface area (Å²) in [5.74, 6) is 0. The summed E-state index contributed by atoms with van der Waals surface area (Å²) >= 11 is 0. The minimum atomic E-state index is -0.826. The van der Waals surface area contributed by atoms with Gasteiger partial charge in [-0.05, 0) is 37.0 Å². The topological polar surface area (TPSA) is 69.2 Å². The monoisotopic (exact) mass is 342 g/mol. The van der Waals surface area contributed by atoms with E-state index in [9.17, 15) is 14.7 Å². The second kappa shape index (κ2) is 24.7. The maximum Gasteiger partial charge on any atom is 3.00 e. The molecular weight excluding hydrogens is 312 g/mol. The average molecular weight is 342 g/mol. The van der Waals surface area contributed by atoms with E-state index in [1.54, 1.807) is 0 Å². The quantitative estimate of drug-likeness (QED) is 0.547. The molecule has 7 heteroatoms. The average Bonchev–Trinajstić information content (AvgIpc) is 2.45. The first-order valence-electron chi connectivity index (χ1n) is 6.69. The summed E-state index contributed by atoms with van der Waals surface area (Å²) in [6.07, 6.45) is 5.03. The first-order chi connectivity index (χ1) is 8.42. The molecule has 0 saturated carbocycles. The largest absolute Gasteiger partial charge is 3.00 e. The van der Waals surface area contributed by atoms with E-state index in [1.807, 2.05) is 41.5 Å². The van der Waals surface area contributed by atoms with E-state index in [0.717, 1.165) is 37.0 Å². The molecule has 0 aromatic carbocycles. The van der Waals surface area contributed by atoms with Gasteiger partial charge in [0.05, 0.1) is 0 Å². The molecule has 0 radical (unpaired) electrons. The molecule has 19 heavy (non-hydrogen) atoms. The molecular formula is C12H30AlO3P3. The molecule has 0 rings (SSSR count). The zero-order chi connectivity index (χ0) is 15.0. The Morgan fingerprint density at radius 1 is 0.474 bits per heavy atom. The van der Waals surface area contributed by atoms with Gasteiger partial charge in [0, 0.05) is 0 Å². The molecule has 0 aliphatic heterocycles. The van der Waals surface area contributed by atoms with Gasteiger partial charge in [0.15, 0.2) is 0 Å². The molecule has 114 valence electrons.